The molecule has 1 unspecified atom stereocenters. The highest BCUT2D eigenvalue weighted by atomic mass is 79.9. The lowest BCUT2D eigenvalue weighted by molar-refractivity contribution is 0.481. The predicted molar refractivity (Wildman–Crippen MR) is 84.1 cm³/mol. The summed E-state index contributed by atoms with van der Waals surface area (Å²) in [5, 5.41) is 3.61. The average Bonchev–Trinajstić information content (AvgIpc) is 2.32. The first-order valence-electron chi connectivity index (χ1n) is 7.17. The van der Waals surface area contributed by atoms with Gasteiger partial charge in [-0.3, -0.25) is 0 Å². The van der Waals surface area contributed by atoms with Crippen LogP contribution in [0.2, 0.25) is 0 Å². The summed E-state index contributed by atoms with van der Waals surface area (Å²) in [7, 11) is 0. The molecule has 0 bridgehead atoms. The zero-order valence-corrected chi connectivity index (χ0v) is 13.5. The van der Waals surface area contributed by atoms with Crippen LogP contribution < -0.4 is 5.32 Å². The molecule has 0 aliphatic carbocycles. The van der Waals surface area contributed by atoms with Gasteiger partial charge < -0.3 is 5.32 Å². The Hall–Kier alpha value is -0.340. The number of unbranched alkanes of at least 4 members (excludes halogenated alkanes) is 3. The molecule has 1 rings (SSSR count). The SMILES string of the molecule is CCCCCCC(NCC)c1cc(C)cc(Br)c1. The summed E-state index contributed by atoms with van der Waals surface area (Å²) in [6.07, 6.45) is 6.57. The molecule has 0 radical (unpaired) electrons. The number of hydrogen-bond acceptors (Lipinski definition) is 1. The maximum Gasteiger partial charge on any atom is 0.0320 e. The van der Waals surface area contributed by atoms with Crippen molar-refractivity contribution in [2.24, 2.45) is 0 Å². The molecule has 1 atom stereocenters. The topological polar surface area (TPSA) is 12.0 Å². The van der Waals surface area contributed by atoms with Gasteiger partial charge in [-0.2, -0.15) is 0 Å². The summed E-state index contributed by atoms with van der Waals surface area (Å²) in [5.41, 5.74) is 2.75. The van der Waals surface area contributed by atoms with Crippen LogP contribution in [-0.2, 0) is 0 Å². The van der Waals surface area contributed by atoms with Gasteiger partial charge in [0.2, 0.25) is 0 Å². The Morgan fingerprint density at radius 1 is 1.11 bits per heavy atom. The van der Waals surface area contributed by atoms with Crippen molar-refractivity contribution in [1.29, 1.82) is 0 Å². The molecule has 0 spiro atoms. The van der Waals surface area contributed by atoms with E-state index in [-0.39, 0.29) is 0 Å². The smallest absolute Gasteiger partial charge is 0.0320 e. The van der Waals surface area contributed by atoms with E-state index in [1.165, 1.54) is 47.7 Å². The highest BCUT2D eigenvalue weighted by Gasteiger charge is 2.10. The lowest BCUT2D eigenvalue weighted by atomic mass is 9.98. The van der Waals surface area contributed by atoms with Gasteiger partial charge in [-0.1, -0.05) is 61.5 Å². The van der Waals surface area contributed by atoms with Gasteiger partial charge in [0.25, 0.3) is 0 Å². The highest BCUT2D eigenvalue weighted by molar-refractivity contribution is 9.10. The van der Waals surface area contributed by atoms with Gasteiger partial charge in [-0.05, 0) is 43.1 Å². The van der Waals surface area contributed by atoms with Crippen LogP contribution >= 0.6 is 15.9 Å². The van der Waals surface area contributed by atoms with Gasteiger partial charge in [0, 0.05) is 10.5 Å². The molecule has 0 aromatic heterocycles. The van der Waals surface area contributed by atoms with Crippen LogP contribution in [0.4, 0.5) is 0 Å². The number of benzene rings is 1. The fourth-order valence-electron chi connectivity index (χ4n) is 2.37. The molecule has 0 aliphatic heterocycles. The third kappa shape index (κ3) is 5.53. The second kappa shape index (κ2) is 8.71. The first-order valence-corrected chi connectivity index (χ1v) is 7.97. The molecule has 0 amide bonds. The maximum atomic E-state index is 3.61. The molecule has 1 nitrogen and oxygen atoms in total. The van der Waals surface area contributed by atoms with Gasteiger partial charge >= 0.3 is 0 Å². The first-order chi connectivity index (χ1) is 8.67. The van der Waals surface area contributed by atoms with Crippen molar-refractivity contribution in [2.75, 3.05) is 6.54 Å². The molecular formula is C16H26BrN. The molecule has 1 N–H and O–H groups in total. The second-order valence-corrected chi connectivity index (χ2v) is 5.94. The number of halogens is 1. The molecule has 1 aromatic rings. The molecular weight excluding hydrogens is 286 g/mol. The predicted octanol–water partition coefficient (Wildman–Crippen LogP) is 5.38. The molecule has 0 heterocycles. The van der Waals surface area contributed by atoms with Crippen molar-refractivity contribution in [2.45, 2.75) is 58.9 Å². The van der Waals surface area contributed by atoms with Gasteiger partial charge in [0.05, 0.1) is 0 Å². The van der Waals surface area contributed by atoms with Gasteiger partial charge in [0.15, 0.2) is 0 Å². The number of aryl methyl sites for hydroxylation is 1. The van der Waals surface area contributed by atoms with Gasteiger partial charge in [0.1, 0.15) is 0 Å². The van der Waals surface area contributed by atoms with Crippen molar-refractivity contribution in [1.82, 2.24) is 5.32 Å². The highest BCUT2D eigenvalue weighted by Crippen LogP contribution is 2.24. The van der Waals surface area contributed by atoms with Crippen LogP contribution in [0.3, 0.4) is 0 Å². The molecule has 1 aromatic carbocycles. The van der Waals surface area contributed by atoms with Crippen molar-refractivity contribution < 1.29 is 0 Å². The summed E-state index contributed by atoms with van der Waals surface area (Å²) in [4.78, 5) is 0. The minimum atomic E-state index is 0.503. The minimum absolute atomic E-state index is 0.503. The van der Waals surface area contributed by atoms with E-state index in [1.807, 2.05) is 0 Å². The third-order valence-corrected chi connectivity index (χ3v) is 3.72. The molecule has 0 saturated carbocycles. The Labute approximate surface area is 120 Å². The Balaban J connectivity index is 2.64. The van der Waals surface area contributed by atoms with E-state index in [0.717, 1.165) is 6.54 Å². The fraction of sp³-hybridized carbons (Fsp3) is 0.625. The quantitative estimate of drug-likeness (QED) is 0.636. The average molecular weight is 312 g/mol. The standard InChI is InChI=1S/C16H26BrN/c1-4-6-7-8-9-16(18-5-2)14-10-13(3)11-15(17)12-14/h10-12,16,18H,4-9H2,1-3H3. The van der Waals surface area contributed by atoms with Crippen LogP contribution in [0.15, 0.2) is 22.7 Å². The lowest BCUT2D eigenvalue weighted by Gasteiger charge is -2.19. The van der Waals surface area contributed by atoms with E-state index in [9.17, 15) is 0 Å². The number of rotatable bonds is 8. The van der Waals surface area contributed by atoms with Crippen LogP contribution in [-0.4, -0.2) is 6.54 Å². The van der Waals surface area contributed by atoms with Crippen molar-refractivity contribution >= 4 is 15.9 Å². The summed E-state index contributed by atoms with van der Waals surface area (Å²) < 4.78 is 1.19. The monoisotopic (exact) mass is 311 g/mol. The number of nitrogens with one attached hydrogen (secondary N) is 1. The van der Waals surface area contributed by atoms with Crippen LogP contribution in [0, 0.1) is 6.92 Å². The Kier molecular flexibility index (Phi) is 7.60. The van der Waals surface area contributed by atoms with Crippen LogP contribution in [0.25, 0.3) is 0 Å². The van der Waals surface area contributed by atoms with Crippen LogP contribution in [0.1, 0.15) is 63.1 Å². The fourth-order valence-corrected chi connectivity index (χ4v) is 3.00. The Morgan fingerprint density at radius 2 is 1.89 bits per heavy atom. The maximum absolute atomic E-state index is 3.61. The normalized spacial score (nSPS) is 12.7. The van der Waals surface area contributed by atoms with E-state index < -0.39 is 0 Å². The van der Waals surface area contributed by atoms with Crippen molar-refractivity contribution in [3.8, 4) is 0 Å². The molecule has 18 heavy (non-hydrogen) atoms. The zero-order chi connectivity index (χ0) is 13.4. The largest absolute Gasteiger partial charge is 0.310 e. The summed E-state index contributed by atoms with van der Waals surface area (Å²) >= 11 is 3.60. The molecule has 0 aliphatic rings. The van der Waals surface area contributed by atoms with E-state index in [4.69, 9.17) is 0 Å². The molecule has 2 heteroatoms. The van der Waals surface area contributed by atoms with E-state index in [0.29, 0.717) is 6.04 Å². The van der Waals surface area contributed by atoms with Crippen molar-refractivity contribution in [3.05, 3.63) is 33.8 Å². The summed E-state index contributed by atoms with van der Waals surface area (Å²) in [6, 6.07) is 7.23. The molecule has 102 valence electrons. The minimum Gasteiger partial charge on any atom is -0.310 e. The van der Waals surface area contributed by atoms with Gasteiger partial charge in [-0.25, -0.2) is 0 Å². The molecule has 0 fully saturated rings. The van der Waals surface area contributed by atoms with Crippen molar-refractivity contribution in [3.63, 3.8) is 0 Å². The Morgan fingerprint density at radius 3 is 2.50 bits per heavy atom. The second-order valence-electron chi connectivity index (χ2n) is 5.02. The van der Waals surface area contributed by atoms with E-state index in [1.54, 1.807) is 0 Å². The lowest BCUT2D eigenvalue weighted by Crippen LogP contribution is -2.21. The molecule has 0 saturated heterocycles. The van der Waals surface area contributed by atoms with Gasteiger partial charge in [-0.15, -0.1) is 0 Å². The third-order valence-electron chi connectivity index (χ3n) is 3.26. The van der Waals surface area contributed by atoms with E-state index in [2.05, 4.69) is 60.2 Å². The van der Waals surface area contributed by atoms with Crippen LogP contribution in [0.5, 0.6) is 0 Å². The first kappa shape index (κ1) is 15.7. The zero-order valence-electron chi connectivity index (χ0n) is 11.9. The summed E-state index contributed by atoms with van der Waals surface area (Å²) in [6.45, 7) is 7.64. The summed E-state index contributed by atoms with van der Waals surface area (Å²) in [5.74, 6) is 0. The Bertz CT molecular complexity index is 329. The number of hydrogen-bond donors (Lipinski definition) is 1. The van der Waals surface area contributed by atoms with E-state index >= 15 is 0 Å².